The number of amides is 1. The van der Waals surface area contributed by atoms with Gasteiger partial charge in [0.1, 0.15) is 0 Å². The SMILES string of the molecule is Cc1c(CN2CCSCC2)cccc1NC(=O)c1ccn(-c2ccccc2)n1. The van der Waals surface area contributed by atoms with Crippen LogP contribution >= 0.6 is 11.8 Å². The van der Waals surface area contributed by atoms with Crippen molar-refractivity contribution in [2.45, 2.75) is 13.5 Å². The summed E-state index contributed by atoms with van der Waals surface area (Å²) in [6.45, 7) is 5.25. The van der Waals surface area contributed by atoms with E-state index in [0.717, 1.165) is 36.6 Å². The summed E-state index contributed by atoms with van der Waals surface area (Å²) < 4.78 is 1.71. The Morgan fingerprint density at radius 3 is 2.64 bits per heavy atom. The number of hydrogen-bond acceptors (Lipinski definition) is 4. The highest BCUT2D eigenvalue weighted by molar-refractivity contribution is 7.99. The molecular weight excluding hydrogens is 368 g/mol. The van der Waals surface area contributed by atoms with E-state index in [2.05, 4.69) is 28.3 Å². The zero-order valence-corrected chi connectivity index (χ0v) is 16.8. The first-order valence-corrected chi connectivity index (χ1v) is 10.7. The van der Waals surface area contributed by atoms with Crippen LogP contribution in [0.2, 0.25) is 0 Å². The van der Waals surface area contributed by atoms with E-state index in [0.29, 0.717) is 5.69 Å². The predicted molar refractivity (Wildman–Crippen MR) is 115 cm³/mol. The molecule has 1 aliphatic heterocycles. The number of rotatable bonds is 5. The van der Waals surface area contributed by atoms with Crippen LogP contribution in [0.15, 0.2) is 60.8 Å². The lowest BCUT2D eigenvalue weighted by atomic mass is 10.1. The van der Waals surface area contributed by atoms with Crippen LogP contribution in [0.1, 0.15) is 21.6 Å². The molecule has 6 heteroatoms. The van der Waals surface area contributed by atoms with Crippen LogP contribution in [0, 0.1) is 6.92 Å². The highest BCUT2D eigenvalue weighted by Crippen LogP contribution is 2.22. The molecule has 0 radical (unpaired) electrons. The third-order valence-electron chi connectivity index (χ3n) is 5.03. The first-order valence-electron chi connectivity index (χ1n) is 9.52. The maximum absolute atomic E-state index is 12.7. The fourth-order valence-electron chi connectivity index (χ4n) is 3.35. The Morgan fingerprint density at radius 1 is 1.07 bits per heavy atom. The summed E-state index contributed by atoms with van der Waals surface area (Å²) in [5.41, 5.74) is 4.57. The van der Waals surface area contributed by atoms with Gasteiger partial charge >= 0.3 is 0 Å². The minimum absolute atomic E-state index is 0.190. The quantitative estimate of drug-likeness (QED) is 0.714. The maximum Gasteiger partial charge on any atom is 0.276 e. The van der Waals surface area contributed by atoms with Crippen molar-refractivity contribution in [3.8, 4) is 5.69 Å². The van der Waals surface area contributed by atoms with Gasteiger partial charge in [0.15, 0.2) is 5.69 Å². The monoisotopic (exact) mass is 392 g/mol. The Balaban J connectivity index is 1.47. The van der Waals surface area contributed by atoms with E-state index in [4.69, 9.17) is 0 Å². The summed E-state index contributed by atoms with van der Waals surface area (Å²) in [6, 6.07) is 17.6. The molecule has 2 aromatic carbocycles. The van der Waals surface area contributed by atoms with Gasteiger partial charge in [-0.2, -0.15) is 16.9 Å². The Kier molecular flexibility index (Phi) is 5.78. The number of benzene rings is 2. The smallest absolute Gasteiger partial charge is 0.276 e. The summed E-state index contributed by atoms with van der Waals surface area (Å²) in [7, 11) is 0. The highest BCUT2D eigenvalue weighted by atomic mass is 32.2. The van der Waals surface area contributed by atoms with Gasteiger partial charge in [-0.15, -0.1) is 0 Å². The van der Waals surface area contributed by atoms with Crippen LogP contribution in [0.25, 0.3) is 5.69 Å². The van der Waals surface area contributed by atoms with E-state index in [1.54, 1.807) is 10.7 Å². The third-order valence-corrected chi connectivity index (χ3v) is 5.98. The van der Waals surface area contributed by atoms with E-state index in [1.165, 1.54) is 17.1 Å². The van der Waals surface area contributed by atoms with E-state index in [9.17, 15) is 4.79 Å². The van der Waals surface area contributed by atoms with Gasteiger partial charge in [0, 0.05) is 43.0 Å². The van der Waals surface area contributed by atoms with Crippen molar-refractivity contribution in [2.24, 2.45) is 0 Å². The Labute approximate surface area is 169 Å². The minimum Gasteiger partial charge on any atom is -0.320 e. The molecule has 0 saturated carbocycles. The molecule has 0 atom stereocenters. The Hall–Kier alpha value is -2.57. The van der Waals surface area contributed by atoms with Gasteiger partial charge < -0.3 is 5.32 Å². The number of nitrogens with zero attached hydrogens (tertiary/aromatic N) is 3. The number of nitrogens with one attached hydrogen (secondary N) is 1. The molecule has 1 N–H and O–H groups in total. The second-order valence-electron chi connectivity index (χ2n) is 6.91. The molecule has 0 unspecified atom stereocenters. The normalized spacial score (nSPS) is 14.8. The van der Waals surface area contributed by atoms with E-state index >= 15 is 0 Å². The van der Waals surface area contributed by atoms with Crippen LogP contribution in [-0.4, -0.2) is 45.2 Å². The topological polar surface area (TPSA) is 50.2 Å². The van der Waals surface area contributed by atoms with Gasteiger partial charge in [0.25, 0.3) is 5.91 Å². The molecule has 2 heterocycles. The molecule has 4 rings (SSSR count). The largest absolute Gasteiger partial charge is 0.320 e. The van der Waals surface area contributed by atoms with Gasteiger partial charge in [0.2, 0.25) is 0 Å². The summed E-state index contributed by atoms with van der Waals surface area (Å²) in [4.78, 5) is 15.2. The van der Waals surface area contributed by atoms with Crippen molar-refractivity contribution in [1.82, 2.24) is 14.7 Å². The standard InChI is InChI=1S/C22H24N4OS/c1-17-18(16-25-12-14-28-15-13-25)6-5-9-20(17)23-22(27)21-10-11-26(24-21)19-7-3-2-4-8-19/h2-11H,12-16H2,1H3,(H,23,27). The number of hydrogen-bond donors (Lipinski definition) is 1. The van der Waals surface area contributed by atoms with Crippen molar-refractivity contribution in [3.05, 3.63) is 77.6 Å². The Morgan fingerprint density at radius 2 is 1.86 bits per heavy atom. The number of thioether (sulfide) groups is 1. The second kappa shape index (κ2) is 8.63. The number of aromatic nitrogens is 2. The third kappa shape index (κ3) is 4.29. The molecule has 1 amide bonds. The lowest BCUT2D eigenvalue weighted by Crippen LogP contribution is -2.32. The minimum atomic E-state index is -0.190. The lowest BCUT2D eigenvalue weighted by molar-refractivity contribution is 0.102. The maximum atomic E-state index is 12.7. The summed E-state index contributed by atoms with van der Waals surface area (Å²) in [5.74, 6) is 2.20. The predicted octanol–water partition coefficient (Wildman–Crippen LogP) is 3.98. The van der Waals surface area contributed by atoms with Crippen molar-refractivity contribution in [1.29, 1.82) is 0 Å². The summed E-state index contributed by atoms with van der Waals surface area (Å²) in [6.07, 6.45) is 1.81. The van der Waals surface area contributed by atoms with E-state index in [1.807, 2.05) is 60.4 Å². The van der Waals surface area contributed by atoms with Crippen LogP contribution in [0.5, 0.6) is 0 Å². The molecule has 0 bridgehead atoms. The number of anilines is 1. The molecule has 1 aliphatic rings. The first-order chi connectivity index (χ1) is 13.7. The van der Waals surface area contributed by atoms with Crippen LogP contribution in [0.4, 0.5) is 5.69 Å². The van der Waals surface area contributed by atoms with Gasteiger partial charge in [-0.1, -0.05) is 30.3 Å². The van der Waals surface area contributed by atoms with Crippen molar-refractivity contribution >= 4 is 23.4 Å². The van der Waals surface area contributed by atoms with Gasteiger partial charge in [-0.3, -0.25) is 9.69 Å². The lowest BCUT2D eigenvalue weighted by Gasteiger charge is -2.27. The average Bonchev–Trinajstić information content (AvgIpc) is 3.23. The van der Waals surface area contributed by atoms with Crippen molar-refractivity contribution in [3.63, 3.8) is 0 Å². The van der Waals surface area contributed by atoms with Crippen molar-refractivity contribution < 1.29 is 4.79 Å². The molecule has 3 aromatic rings. The van der Waals surface area contributed by atoms with Crippen LogP contribution < -0.4 is 5.32 Å². The average molecular weight is 393 g/mol. The number of para-hydroxylation sites is 1. The van der Waals surface area contributed by atoms with Gasteiger partial charge in [0.05, 0.1) is 5.69 Å². The highest BCUT2D eigenvalue weighted by Gasteiger charge is 2.15. The van der Waals surface area contributed by atoms with E-state index in [-0.39, 0.29) is 5.91 Å². The van der Waals surface area contributed by atoms with Crippen molar-refractivity contribution in [2.75, 3.05) is 29.9 Å². The molecule has 0 spiro atoms. The molecule has 144 valence electrons. The zero-order valence-electron chi connectivity index (χ0n) is 16.0. The molecular formula is C22H24N4OS. The van der Waals surface area contributed by atoms with Crippen LogP contribution in [-0.2, 0) is 6.54 Å². The molecule has 1 fully saturated rings. The molecule has 28 heavy (non-hydrogen) atoms. The molecule has 0 aliphatic carbocycles. The zero-order chi connectivity index (χ0) is 19.3. The number of carbonyl (C=O) groups excluding carboxylic acids is 1. The summed E-state index contributed by atoms with van der Waals surface area (Å²) in [5, 5.41) is 7.45. The van der Waals surface area contributed by atoms with Gasteiger partial charge in [-0.25, -0.2) is 4.68 Å². The second-order valence-corrected chi connectivity index (χ2v) is 8.14. The number of carbonyl (C=O) groups is 1. The fraction of sp³-hybridized carbons (Fsp3) is 0.273. The van der Waals surface area contributed by atoms with Crippen LogP contribution in [0.3, 0.4) is 0 Å². The van der Waals surface area contributed by atoms with E-state index < -0.39 is 0 Å². The Bertz CT molecular complexity index is 948. The molecule has 5 nitrogen and oxygen atoms in total. The first kappa shape index (κ1) is 18.8. The molecule has 1 aromatic heterocycles. The fourth-order valence-corrected chi connectivity index (χ4v) is 4.32. The summed E-state index contributed by atoms with van der Waals surface area (Å²) >= 11 is 2.02. The van der Waals surface area contributed by atoms with Gasteiger partial charge in [-0.05, 0) is 42.3 Å². The molecule has 1 saturated heterocycles.